The van der Waals surface area contributed by atoms with Crippen molar-refractivity contribution in [2.45, 2.75) is 19.1 Å². The fourth-order valence-electron chi connectivity index (χ4n) is 3.09. The van der Waals surface area contributed by atoms with Gasteiger partial charge in [0.1, 0.15) is 17.9 Å². The second kappa shape index (κ2) is 8.63. The molecule has 7 nitrogen and oxygen atoms in total. The average molecular weight is 512 g/mol. The Labute approximate surface area is 185 Å². The number of aromatic amines is 1. The van der Waals surface area contributed by atoms with Gasteiger partial charge in [-0.25, -0.2) is 18.2 Å². The van der Waals surface area contributed by atoms with Crippen molar-refractivity contribution in [1.29, 1.82) is 0 Å². The number of carbonyl (C=O) groups excluding carboxylic acids is 1. The Kier molecular flexibility index (Phi) is 5.92. The highest BCUT2D eigenvalue weighted by Crippen LogP contribution is 2.38. The summed E-state index contributed by atoms with van der Waals surface area (Å²) in [5.74, 6) is -0.0252. The number of alkyl halides is 3. The molecule has 0 saturated carbocycles. The van der Waals surface area contributed by atoms with Crippen LogP contribution in [0.5, 0.6) is 0 Å². The normalized spacial score (nSPS) is 12.4. The molecule has 1 unspecified atom stereocenters. The molecule has 3 heterocycles. The number of H-pyrrole nitrogens is 1. The van der Waals surface area contributed by atoms with Crippen LogP contribution in [0.2, 0.25) is 0 Å². The van der Waals surface area contributed by atoms with Crippen LogP contribution >= 0.6 is 27.3 Å². The number of thiophene rings is 1. The maximum absolute atomic E-state index is 13.7. The number of amides is 1. The first kappa shape index (κ1) is 21.2. The van der Waals surface area contributed by atoms with Crippen molar-refractivity contribution in [3.8, 4) is 11.4 Å². The minimum Gasteiger partial charge on any atom is -0.315 e. The molecular formula is C19H13BrF3N5O2S. The highest BCUT2D eigenvalue weighted by atomic mass is 79.9. The van der Waals surface area contributed by atoms with Gasteiger partial charge in [0.15, 0.2) is 12.0 Å². The minimum atomic E-state index is -3.15. The largest absolute Gasteiger partial charge is 0.315 e. The van der Waals surface area contributed by atoms with Crippen molar-refractivity contribution in [1.82, 2.24) is 19.7 Å². The molecule has 2 N–H and O–H groups in total. The number of nitrogens with one attached hydrogen (secondary N) is 2. The van der Waals surface area contributed by atoms with Crippen molar-refractivity contribution in [3.63, 3.8) is 0 Å². The lowest BCUT2D eigenvalue weighted by molar-refractivity contribution is -0.116. The van der Waals surface area contributed by atoms with Crippen LogP contribution in [0.25, 0.3) is 22.3 Å². The van der Waals surface area contributed by atoms with Gasteiger partial charge < -0.3 is 5.32 Å². The van der Waals surface area contributed by atoms with Crippen molar-refractivity contribution in [3.05, 3.63) is 62.4 Å². The van der Waals surface area contributed by atoms with Gasteiger partial charge in [-0.2, -0.15) is 5.10 Å². The Balaban J connectivity index is 1.62. The molecule has 0 aliphatic heterocycles. The number of fused-ring (bicyclic) bond motifs is 1. The number of aromatic nitrogens is 4. The quantitative estimate of drug-likeness (QED) is 0.397. The summed E-state index contributed by atoms with van der Waals surface area (Å²) in [6.07, 6.45) is -4.25. The average Bonchev–Trinajstić information content (AvgIpc) is 3.38. The van der Waals surface area contributed by atoms with Crippen molar-refractivity contribution in [2.75, 3.05) is 5.32 Å². The number of halogens is 4. The van der Waals surface area contributed by atoms with E-state index >= 15 is 0 Å². The number of carbonyl (C=O) groups is 1. The van der Waals surface area contributed by atoms with Gasteiger partial charge >= 0.3 is 0 Å². The third-order valence-electron chi connectivity index (χ3n) is 4.51. The van der Waals surface area contributed by atoms with Crippen LogP contribution in [0.4, 0.5) is 18.2 Å². The molecule has 160 valence electrons. The van der Waals surface area contributed by atoms with Crippen LogP contribution in [-0.4, -0.2) is 32.1 Å². The number of benzene rings is 1. The maximum Gasteiger partial charge on any atom is 0.273 e. The summed E-state index contributed by atoms with van der Waals surface area (Å²) in [5, 5.41) is 11.9. The molecule has 12 heteroatoms. The zero-order chi connectivity index (χ0) is 22.1. The maximum atomic E-state index is 13.7. The summed E-state index contributed by atoms with van der Waals surface area (Å²) < 4.78 is 40.9. The number of hydrogen-bond donors (Lipinski definition) is 2. The summed E-state index contributed by atoms with van der Waals surface area (Å²) in [7, 11) is 0. The standard InChI is InChI=1S/C19H13BrF3N5O2S/c20-11-7-31-19(15(11)18-24-8-25-27-18)26-13(29)6-28-12-3-1-10(16(21)17(22)23)5-9(12)2-4-14(28)30/h1-5,7-8,16-17H,6H2,(H,26,29)(H,24,25,27). The molecule has 1 amide bonds. The summed E-state index contributed by atoms with van der Waals surface area (Å²) in [5.41, 5.74) is 0.295. The zero-order valence-electron chi connectivity index (χ0n) is 15.5. The number of pyridine rings is 1. The number of nitrogens with zero attached hydrogens (tertiary/aromatic N) is 3. The van der Waals surface area contributed by atoms with E-state index in [9.17, 15) is 22.8 Å². The van der Waals surface area contributed by atoms with Crippen LogP contribution in [0.3, 0.4) is 0 Å². The van der Waals surface area contributed by atoms with Crippen molar-refractivity contribution >= 4 is 49.1 Å². The van der Waals surface area contributed by atoms with E-state index in [-0.39, 0.29) is 12.1 Å². The molecule has 0 fully saturated rings. The van der Waals surface area contributed by atoms with E-state index in [4.69, 9.17) is 0 Å². The third kappa shape index (κ3) is 4.26. The van der Waals surface area contributed by atoms with Gasteiger partial charge in [0.2, 0.25) is 5.91 Å². The number of anilines is 1. The molecule has 1 aromatic carbocycles. The van der Waals surface area contributed by atoms with Crippen molar-refractivity contribution < 1.29 is 18.0 Å². The number of hydrogen-bond acceptors (Lipinski definition) is 5. The molecule has 4 aromatic rings. The first-order chi connectivity index (χ1) is 14.8. The van der Waals surface area contributed by atoms with Crippen LogP contribution in [0.15, 0.2) is 51.3 Å². The lowest BCUT2D eigenvalue weighted by Crippen LogP contribution is -2.27. The zero-order valence-corrected chi connectivity index (χ0v) is 17.9. The van der Waals surface area contributed by atoms with Crippen LogP contribution in [0.1, 0.15) is 11.7 Å². The Hall–Kier alpha value is -2.99. The van der Waals surface area contributed by atoms with Gasteiger partial charge in [0.05, 0.1) is 11.1 Å². The predicted molar refractivity (Wildman–Crippen MR) is 114 cm³/mol. The van der Waals surface area contributed by atoms with Crippen LogP contribution in [0, 0.1) is 0 Å². The van der Waals surface area contributed by atoms with Gasteiger partial charge in [-0.15, -0.1) is 11.3 Å². The Morgan fingerprint density at radius 1 is 1.26 bits per heavy atom. The van der Waals surface area contributed by atoms with Crippen LogP contribution in [-0.2, 0) is 11.3 Å². The van der Waals surface area contributed by atoms with E-state index in [0.717, 1.165) is 0 Å². The van der Waals surface area contributed by atoms with E-state index < -0.39 is 24.1 Å². The molecule has 0 radical (unpaired) electrons. The van der Waals surface area contributed by atoms with E-state index in [1.165, 1.54) is 52.6 Å². The van der Waals surface area contributed by atoms with E-state index in [1.54, 1.807) is 5.38 Å². The highest BCUT2D eigenvalue weighted by molar-refractivity contribution is 9.10. The third-order valence-corrected chi connectivity index (χ3v) is 6.33. The molecule has 4 rings (SSSR count). The Morgan fingerprint density at radius 2 is 2.06 bits per heavy atom. The predicted octanol–water partition coefficient (Wildman–Crippen LogP) is 4.53. The molecular weight excluding hydrogens is 499 g/mol. The Morgan fingerprint density at radius 3 is 2.77 bits per heavy atom. The minimum absolute atomic E-state index is 0.197. The smallest absolute Gasteiger partial charge is 0.273 e. The summed E-state index contributed by atoms with van der Waals surface area (Å²) >= 11 is 4.66. The summed E-state index contributed by atoms with van der Waals surface area (Å²) in [6, 6.07) is 6.41. The molecule has 0 bridgehead atoms. The van der Waals surface area contributed by atoms with E-state index in [1.807, 2.05) is 0 Å². The van der Waals surface area contributed by atoms with Gasteiger partial charge in [-0.3, -0.25) is 19.3 Å². The first-order valence-electron chi connectivity index (χ1n) is 8.83. The van der Waals surface area contributed by atoms with Crippen LogP contribution < -0.4 is 10.9 Å². The summed E-state index contributed by atoms with van der Waals surface area (Å²) in [6.45, 7) is -0.325. The van der Waals surface area contributed by atoms with Gasteiger partial charge in [0.25, 0.3) is 12.0 Å². The molecule has 1 atom stereocenters. The topological polar surface area (TPSA) is 92.7 Å². The second-order valence-corrected chi connectivity index (χ2v) is 8.22. The second-order valence-electron chi connectivity index (χ2n) is 6.48. The molecule has 0 saturated heterocycles. The SMILES string of the molecule is O=C(Cn1c(=O)ccc2cc(C(F)C(F)F)ccc21)Nc1scc(Br)c1-c1ncn[nH]1. The van der Waals surface area contributed by atoms with Gasteiger partial charge in [0, 0.05) is 15.9 Å². The highest BCUT2D eigenvalue weighted by Gasteiger charge is 2.22. The molecule has 0 aliphatic rings. The Bertz CT molecular complexity index is 1310. The lowest BCUT2D eigenvalue weighted by atomic mass is 10.1. The van der Waals surface area contributed by atoms with Gasteiger partial charge in [-0.05, 0) is 45.1 Å². The number of rotatable bonds is 6. The molecule has 31 heavy (non-hydrogen) atoms. The van der Waals surface area contributed by atoms with Crippen molar-refractivity contribution in [2.24, 2.45) is 0 Å². The monoisotopic (exact) mass is 511 g/mol. The van der Waals surface area contributed by atoms with E-state index in [2.05, 4.69) is 36.4 Å². The first-order valence-corrected chi connectivity index (χ1v) is 10.5. The fraction of sp³-hybridized carbons (Fsp3) is 0.158. The lowest BCUT2D eigenvalue weighted by Gasteiger charge is -2.13. The molecule has 0 spiro atoms. The fourth-order valence-corrected chi connectivity index (χ4v) is 4.72. The molecule has 3 aromatic heterocycles. The molecule has 0 aliphatic carbocycles. The summed E-state index contributed by atoms with van der Waals surface area (Å²) in [4.78, 5) is 29.1. The van der Waals surface area contributed by atoms with Gasteiger partial charge in [-0.1, -0.05) is 6.07 Å². The van der Waals surface area contributed by atoms with E-state index in [0.29, 0.717) is 31.8 Å².